The number of rotatable bonds is 0. The van der Waals surface area contributed by atoms with Gasteiger partial charge in [-0.3, -0.25) is 0 Å². The molecule has 0 aliphatic rings. The van der Waals surface area contributed by atoms with Gasteiger partial charge in [-0.05, 0) is 0 Å². The Balaban J connectivity index is 0. The Morgan fingerprint density at radius 2 is 0.308 bits per heavy atom. The van der Waals surface area contributed by atoms with E-state index >= 15 is 0 Å². The molecule has 13 heavy (non-hydrogen) atoms. The molecule has 0 unspecified atom stereocenters. The average Bonchev–Trinajstić information content (AvgIpc) is 0. The van der Waals surface area contributed by atoms with E-state index in [1.54, 1.807) is 0 Å². The molecular weight excluding hydrogens is 461 g/mol. The van der Waals surface area contributed by atoms with Crippen LogP contribution in [0.2, 0.25) is 0 Å². The topological polar surface area (TPSA) is 200 Å². The fourth-order valence-corrected chi connectivity index (χ4v) is 0. The van der Waals surface area contributed by atoms with Gasteiger partial charge in [0.2, 0.25) is 0 Å². The first-order valence-electron chi connectivity index (χ1n) is 0. The van der Waals surface area contributed by atoms with Gasteiger partial charge in [0.25, 0.3) is 0 Å². The molecule has 0 fully saturated rings. The molecule has 6 radical (unpaired) electrons. The van der Waals surface area contributed by atoms with Crippen molar-refractivity contribution in [2.75, 3.05) is 0 Å². The van der Waals surface area contributed by atoms with Gasteiger partial charge in [-0.2, -0.15) is 0 Å². The molecule has 0 atom stereocenters. The quantitative estimate of drug-likeness (QED) is 0.406. The summed E-state index contributed by atoms with van der Waals surface area (Å²) in [4.78, 5) is 0. The van der Waals surface area contributed by atoms with Crippen LogP contribution in [0.5, 0.6) is 0 Å². The summed E-state index contributed by atoms with van der Waals surface area (Å²) in [5.74, 6) is 0. The Bertz CT molecular complexity index is 22.5. The zero-order chi connectivity index (χ0) is 0. The minimum atomic E-state index is 0. The molecule has 0 spiro atoms. The van der Waals surface area contributed by atoms with Crippen molar-refractivity contribution in [2.45, 2.75) is 0 Å². The summed E-state index contributed by atoms with van der Waals surface area (Å²) in [5, 5.41) is 0. The van der Waals surface area contributed by atoms with E-state index < -0.39 is 0 Å². The van der Waals surface area contributed by atoms with Gasteiger partial charge in [0.05, 0.1) is 0 Å². The van der Waals surface area contributed by atoms with Gasteiger partial charge in [0, 0.05) is 0 Å². The maximum atomic E-state index is 0. The van der Waals surface area contributed by atoms with E-state index in [4.69, 9.17) is 0 Å². The van der Waals surface area contributed by atoms with Gasteiger partial charge >= 0.3 is 102 Å². The van der Waals surface area contributed by atoms with E-state index in [0.29, 0.717) is 0 Å². The van der Waals surface area contributed by atoms with Gasteiger partial charge in [-0.1, -0.05) is 0 Å². The van der Waals surface area contributed by atoms with E-state index in [2.05, 4.69) is 0 Å². The van der Waals surface area contributed by atoms with Crippen molar-refractivity contribution < 1.29 is 141 Å². The van der Waals surface area contributed by atoms with E-state index in [-0.39, 0.29) is 141 Å². The molecule has 0 N–H and O–H groups in total. The van der Waals surface area contributed by atoms with Crippen LogP contribution in [0.1, 0.15) is 0 Å². The van der Waals surface area contributed by atoms with E-state index in [0.717, 1.165) is 0 Å². The molecule has 0 aromatic heterocycles. The smallest absolute Gasteiger partial charge is 2.00 e. The molecule has 7 nitrogen and oxygen atoms in total. The molecule has 0 saturated carbocycles. The fraction of sp³-hybridized carbons (Fsp3) is 0. The monoisotopic (exact) mass is 460 g/mol. The standard InChI is InChI=1S/2Cu.2Fe.2Mn.7O/q2*+2;2*+3;2*+2;7*-2. The molecule has 0 amide bonds. The molecule has 0 aromatic rings. The van der Waals surface area contributed by atoms with Crippen LogP contribution in [0.4, 0.5) is 0 Å². The van der Waals surface area contributed by atoms with E-state index in [9.17, 15) is 0 Å². The van der Waals surface area contributed by atoms with Crippen molar-refractivity contribution in [3.8, 4) is 0 Å². The van der Waals surface area contributed by atoms with Gasteiger partial charge in [0.15, 0.2) is 0 Å². The van der Waals surface area contributed by atoms with Crippen molar-refractivity contribution in [3.63, 3.8) is 0 Å². The second kappa shape index (κ2) is 353. The summed E-state index contributed by atoms with van der Waals surface area (Å²) >= 11 is 0. The van der Waals surface area contributed by atoms with Crippen molar-refractivity contribution in [1.29, 1.82) is 0 Å². The summed E-state index contributed by atoms with van der Waals surface area (Å²) in [6.07, 6.45) is 0. The third kappa shape index (κ3) is 304. The van der Waals surface area contributed by atoms with Gasteiger partial charge in [0.1, 0.15) is 0 Å². The van der Waals surface area contributed by atoms with Crippen LogP contribution in [0.15, 0.2) is 0 Å². The SMILES string of the molecule is [Cu+2].[Cu+2].[Fe+3].[Fe+3].[Mn+2].[Mn+2].[O-2].[O-2].[O-2].[O-2].[O-2].[O-2].[O-2]. The Kier molecular flexibility index (Phi) is 11800. The zero-order valence-electron chi connectivity index (χ0n) is 4.92. The van der Waals surface area contributed by atoms with Crippen LogP contribution < -0.4 is 0 Å². The molecule has 0 aliphatic heterocycles. The van der Waals surface area contributed by atoms with Crippen LogP contribution in [-0.4, -0.2) is 0 Å². The summed E-state index contributed by atoms with van der Waals surface area (Å²) in [6, 6.07) is 0. The second-order valence-corrected chi connectivity index (χ2v) is 0. The Labute approximate surface area is 139 Å². The van der Waals surface area contributed by atoms with Crippen LogP contribution in [0.25, 0.3) is 0 Å². The molecule has 0 aliphatic carbocycles. The van der Waals surface area contributed by atoms with Crippen molar-refractivity contribution in [1.82, 2.24) is 0 Å². The molecule has 0 saturated heterocycles. The molecular formula is Cu2Fe2Mn2O7. The van der Waals surface area contributed by atoms with Gasteiger partial charge in [-0.15, -0.1) is 0 Å². The van der Waals surface area contributed by atoms with E-state index in [1.165, 1.54) is 0 Å². The van der Waals surface area contributed by atoms with Crippen molar-refractivity contribution in [2.24, 2.45) is 0 Å². The number of hydrogen-bond donors (Lipinski definition) is 0. The summed E-state index contributed by atoms with van der Waals surface area (Å²) in [7, 11) is 0. The summed E-state index contributed by atoms with van der Waals surface area (Å²) in [5.41, 5.74) is 0. The predicted octanol–water partition coefficient (Wildman–Crippen LogP) is -0.847. The van der Waals surface area contributed by atoms with Crippen LogP contribution in [0.3, 0.4) is 0 Å². The maximum Gasteiger partial charge on any atom is 3.00 e. The Morgan fingerprint density at radius 1 is 0.308 bits per heavy atom. The van der Waals surface area contributed by atoms with Crippen molar-refractivity contribution >= 4 is 0 Å². The first kappa shape index (κ1) is 433. The average molecular weight is 461 g/mol. The molecule has 0 bridgehead atoms. The van der Waals surface area contributed by atoms with Crippen LogP contribution in [0, 0.1) is 0 Å². The third-order valence-corrected chi connectivity index (χ3v) is 0. The minimum Gasteiger partial charge on any atom is -2.00 e. The largest absolute Gasteiger partial charge is 3.00 e. The molecule has 0 rings (SSSR count). The zero-order valence-corrected chi connectivity index (χ0v) is 11.4. The predicted molar refractivity (Wildman–Crippen MR) is 4.81 cm³/mol. The summed E-state index contributed by atoms with van der Waals surface area (Å²) in [6.45, 7) is 0. The number of hydrogen-bond acceptors (Lipinski definition) is 0. The fourth-order valence-electron chi connectivity index (χ4n) is 0. The van der Waals surface area contributed by atoms with Crippen LogP contribution >= 0.6 is 0 Å². The van der Waals surface area contributed by atoms with E-state index in [1.807, 2.05) is 0 Å². The third-order valence-electron chi connectivity index (χ3n) is 0. The van der Waals surface area contributed by atoms with Gasteiger partial charge in [-0.25, -0.2) is 0 Å². The Morgan fingerprint density at radius 3 is 0.308 bits per heavy atom. The van der Waals surface area contributed by atoms with Crippen molar-refractivity contribution in [3.05, 3.63) is 0 Å². The van der Waals surface area contributed by atoms with Gasteiger partial charge < -0.3 is 38.3 Å². The molecule has 0 aromatic carbocycles. The maximum absolute atomic E-state index is 0. The minimum absolute atomic E-state index is 0. The molecule has 13 heteroatoms. The Hall–Kier alpha value is 2.84. The normalized spacial score (nSPS) is 0. The molecule has 94 valence electrons. The first-order valence-corrected chi connectivity index (χ1v) is 0. The van der Waals surface area contributed by atoms with Crippen LogP contribution in [-0.2, 0) is 141 Å². The second-order valence-electron chi connectivity index (χ2n) is 0. The molecule has 0 heterocycles. The summed E-state index contributed by atoms with van der Waals surface area (Å²) < 4.78 is 0. The first-order chi connectivity index (χ1) is 0.